The number of rotatable bonds is 14. The average molecular weight is 528 g/mol. The van der Waals surface area contributed by atoms with Crippen LogP contribution >= 0.6 is 0 Å². The van der Waals surface area contributed by atoms with Crippen LogP contribution in [0.2, 0.25) is 0 Å². The smallest absolute Gasteiger partial charge is 0.408 e. The molecule has 0 bridgehead atoms. The summed E-state index contributed by atoms with van der Waals surface area (Å²) in [5.74, 6) is -0.823. The first-order valence-electron chi connectivity index (χ1n) is 13.5. The zero-order valence-corrected chi connectivity index (χ0v) is 22.8. The minimum atomic E-state index is -0.749. The molecule has 208 valence electrons. The van der Waals surface area contributed by atoms with Gasteiger partial charge in [0.1, 0.15) is 18.6 Å². The Hall–Kier alpha value is -3.36. The monoisotopic (exact) mass is 527 g/mol. The van der Waals surface area contributed by atoms with E-state index in [-0.39, 0.29) is 60.1 Å². The average Bonchev–Trinajstić information content (AvgIpc) is 3.61. The van der Waals surface area contributed by atoms with Crippen molar-refractivity contribution >= 4 is 23.9 Å². The third-order valence-corrected chi connectivity index (χ3v) is 7.30. The lowest BCUT2D eigenvalue weighted by molar-refractivity contribution is -0.193. The Morgan fingerprint density at radius 1 is 1.16 bits per heavy atom. The van der Waals surface area contributed by atoms with Crippen molar-refractivity contribution in [3.05, 3.63) is 48.6 Å². The van der Waals surface area contributed by atoms with Crippen molar-refractivity contribution in [3.8, 4) is 0 Å². The molecule has 2 aliphatic rings. The largest absolute Gasteiger partial charge is 0.451 e. The second-order valence-corrected chi connectivity index (χ2v) is 10.9. The number of carbonyl (C=O) groups excluding carboxylic acids is 4. The van der Waals surface area contributed by atoms with Gasteiger partial charge in [0.15, 0.2) is 6.10 Å². The zero-order valence-electron chi connectivity index (χ0n) is 22.8. The Kier molecular flexibility index (Phi) is 10.3. The lowest BCUT2D eigenvalue weighted by atomic mass is 9.83. The molecule has 1 aliphatic heterocycles. The van der Waals surface area contributed by atoms with Gasteiger partial charge in [0.2, 0.25) is 5.91 Å². The maximum absolute atomic E-state index is 13.1. The minimum absolute atomic E-state index is 0.0312. The molecule has 1 heterocycles. The van der Waals surface area contributed by atoms with E-state index in [1.807, 2.05) is 58.0 Å². The molecular weight excluding hydrogens is 486 g/mol. The Morgan fingerprint density at radius 2 is 1.87 bits per heavy atom. The van der Waals surface area contributed by atoms with Gasteiger partial charge in [-0.25, -0.2) is 4.79 Å². The molecule has 9 heteroatoms. The van der Waals surface area contributed by atoms with E-state index in [1.54, 1.807) is 6.08 Å². The van der Waals surface area contributed by atoms with Gasteiger partial charge in [-0.2, -0.15) is 0 Å². The lowest BCUT2D eigenvalue weighted by Crippen LogP contribution is -2.56. The molecular formula is C29H41N3O6. The minimum Gasteiger partial charge on any atom is -0.451 e. The summed E-state index contributed by atoms with van der Waals surface area (Å²) < 4.78 is 10.4. The Morgan fingerprint density at radius 3 is 2.47 bits per heavy atom. The summed E-state index contributed by atoms with van der Waals surface area (Å²) in [6.07, 6.45) is 2.93. The van der Waals surface area contributed by atoms with Crippen molar-refractivity contribution in [2.75, 3.05) is 0 Å². The molecule has 3 N–H and O–H groups in total. The molecule has 0 aromatic heterocycles. The van der Waals surface area contributed by atoms with Gasteiger partial charge in [0.25, 0.3) is 5.91 Å². The number of carbonyl (C=O) groups is 4. The number of esters is 1. The van der Waals surface area contributed by atoms with E-state index >= 15 is 0 Å². The van der Waals surface area contributed by atoms with Gasteiger partial charge in [-0.15, -0.1) is 6.58 Å². The molecule has 2 fully saturated rings. The number of benzene rings is 1. The first kappa shape index (κ1) is 29.2. The van der Waals surface area contributed by atoms with Crippen LogP contribution in [0.15, 0.2) is 43.0 Å². The van der Waals surface area contributed by atoms with Gasteiger partial charge in [-0.1, -0.05) is 70.5 Å². The normalized spacial score (nSPS) is 24.2. The number of hydrogen-bond acceptors (Lipinski definition) is 6. The maximum Gasteiger partial charge on any atom is 0.408 e. The number of alkyl carbamates (subject to hydrolysis) is 1. The predicted octanol–water partition coefficient (Wildman–Crippen LogP) is 3.48. The van der Waals surface area contributed by atoms with Crippen LogP contribution in [-0.2, 0) is 30.5 Å². The zero-order chi connectivity index (χ0) is 27.8. The Labute approximate surface area is 225 Å². The number of ether oxygens (including phenoxy) is 2. The molecule has 7 atom stereocenters. The molecule has 0 unspecified atom stereocenters. The van der Waals surface area contributed by atoms with Crippen molar-refractivity contribution in [2.45, 2.75) is 84.2 Å². The van der Waals surface area contributed by atoms with E-state index in [1.165, 1.54) is 0 Å². The Bertz CT molecular complexity index is 997. The summed E-state index contributed by atoms with van der Waals surface area (Å²) in [4.78, 5) is 49.9. The summed E-state index contributed by atoms with van der Waals surface area (Å²) in [5.41, 5.74) is 0.858. The molecule has 1 aromatic carbocycles. The topological polar surface area (TPSA) is 123 Å². The van der Waals surface area contributed by atoms with Crippen LogP contribution in [0.4, 0.5) is 4.79 Å². The van der Waals surface area contributed by atoms with Crippen LogP contribution in [0.3, 0.4) is 0 Å². The van der Waals surface area contributed by atoms with E-state index in [4.69, 9.17) is 9.47 Å². The standard InChI is InChI=1S/C29H41N3O6/c1-6-18(5)24-25(38-28(24)35)27(34)31-22-15-20(22)14-21(7-2)30-26(33)23(13-17(3)4)32-29(36)37-16-19-11-9-8-10-12-19/h7-12,17-18,20-25H,2,6,13-16H2,1,3-5H3,(H,30,33)(H,31,34)(H,32,36)/t18-,20+,21+,22-,23-,24-,25+/m0/s1. The van der Waals surface area contributed by atoms with Gasteiger partial charge in [0.05, 0.1) is 0 Å². The van der Waals surface area contributed by atoms with Crippen LogP contribution in [0, 0.1) is 23.7 Å². The van der Waals surface area contributed by atoms with Crippen molar-refractivity contribution in [3.63, 3.8) is 0 Å². The number of nitrogens with one attached hydrogen (secondary N) is 3. The van der Waals surface area contributed by atoms with E-state index in [9.17, 15) is 19.2 Å². The molecule has 1 aliphatic carbocycles. The predicted molar refractivity (Wildman–Crippen MR) is 143 cm³/mol. The van der Waals surface area contributed by atoms with Gasteiger partial charge in [-0.3, -0.25) is 14.4 Å². The van der Waals surface area contributed by atoms with E-state index < -0.39 is 18.2 Å². The van der Waals surface area contributed by atoms with E-state index in [2.05, 4.69) is 22.5 Å². The molecule has 1 saturated heterocycles. The second kappa shape index (κ2) is 13.4. The van der Waals surface area contributed by atoms with Crippen molar-refractivity contribution in [2.24, 2.45) is 23.7 Å². The summed E-state index contributed by atoms with van der Waals surface area (Å²) in [6, 6.07) is 8.23. The highest BCUT2D eigenvalue weighted by Gasteiger charge is 2.51. The fourth-order valence-corrected chi connectivity index (χ4v) is 4.71. The van der Waals surface area contributed by atoms with Crippen LogP contribution in [0.5, 0.6) is 0 Å². The highest BCUT2D eigenvalue weighted by atomic mass is 16.6. The Balaban J connectivity index is 1.46. The number of cyclic esters (lactones) is 1. The molecule has 1 aromatic rings. The molecule has 38 heavy (non-hydrogen) atoms. The first-order chi connectivity index (χ1) is 18.1. The van der Waals surface area contributed by atoms with Gasteiger partial charge in [0, 0.05) is 12.1 Å². The first-order valence-corrected chi connectivity index (χ1v) is 13.5. The highest BCUT2D eigenvalue weighted by molar-refractivity contribution is 5.94. The summed E-state index contributed by atoms with van der Waals surface area (Å²) in [5, 5.41) is 8.64. The fraction of sp³-hybridized carbons (Fsp3) is 0.586. The highest BCUT2D eigenvalue weighted by Crippen LogP contribution is 2.37. The quantitative estimate of drug-likeness (QED) is 0.252. The van der Waals surface area contributed by atoms with Crippen LogP contribution in [0.1, 0.15) is 58.9 Å². The van der Waals surface area contributed by atoms with Crippen molar-refractivity contribution in [1.82, 2.24) is 16.0 Å². The lowest BCUT2D eigenvalue weighted by Gasteiger charge is -2.37. The van der Waals surface area contributed by atoms with Gasteiger partial charge >= 0.3 is 12.1 Å². The van der Waals surface area contributed by atoms with Gasteiger partial charge in [-0.05, 0) is 42.6 Å². The molecule has 3 rings (SSSR count). The van der Waals surface area contributed by atoms with Crippen LogP contribution in [0.25, 0.3) is 0 Å². The fourth-order valence-electron chi connectivity index (χ4n) is 4.71. The summed E-state index contributed by atoms with van der Waals surface area (Å²) in [7, 11) is 0. The van der Waals surface area contributed by atoms with Crippen molar-refractivity contribution in [1.29, 1.82) is 0 Å². The molecule has 9 nitrogen and oxygen atoms in total. The van der Waals surface area contributed by atoms with Crippen LogP contribution in [-0.4, -0.2) is 48.1 Å². The molecule has 0 spiro atoms. The van der Waals surface area contributed by atoms with E-state index in [0.717, 1.165) is 18.4 Å². The van der Waals surface area contributed by atoms with Gasteiger partial charge < -0.3 is 25.4 Å². The number of hydrogen-bond donors (Lipinski definition) is 3. The molecule has 1 saturated carbocycles. The molecule has 0 radical (unpaired) electrons. The summed E-state index contributed by atoms with van der Waals surface area (Å²) in [6.45, 7) is 11.9. The maximum atomic E-state index is 13.1. The third kappa shape index (κ3) is 8.07. The summed E-state index contributed by atoms with van der Waals surface area (Å²) >= 11 is 0. The molecule has 3 amide bonds. The third-order valence-electron chi connectivity index (χ3n) is 7.30. The van der Waals surface area contributed by atoms with Crippen LogP contribution < -0.4 is 16.0 Å². The van der Waals surface area contributed by atoms with E-state index in [0.29, 0.717) is 12.8 Å². The van der Waals surface area contributed by atoms with Crippen molar-refractivity contribution < 1.29 is 28.7 Å². The SMILES string of the molecule is C=C[C@H](C[C@@H]1C[C@@H]1NC(=O)[C@@H]1OC(=O)[C@H]1[C@@H](C)CC)NC(=O)[C@H](CC(C)C)NC(=O)OCc1ccccc1. The second-order valence-electron chi connectivity index (χ2n) is 10.9. The number of amides is 3.